The predicted octanol–water partition coefficient (Wildman–Crippen LogP) is 5.45. The Bertz CT molecular complexity index is 1450. The fraction of sp³-hybridized carbons (Fsp3) is 0.125. The van der Waals surface area contributed by atoms with E-state index in [2.05, 4.69) is 15.3 Å². The first-order valence-corrected chi connectivity index (χ1v) is 10.1. The molecule has 0 aliphatic carbocycles. The van der Waals surface area contributed by atoms with Gasteiger partial charge in [-0.1, -0.05) is 12.1 Å². The first kappa shape index (κ1) is 24.0. The highest BCUT2D eigenvalue weighted by molar-refractivity contribution is 5.95. The van der Waals surface area contributed by atoms with Crippen LogP contribution in [0, 0.1) is 34.9 Å². The molecule has 0 saturated carbocycles. The fourth-order valence-electron chi connectivity index (χ4n) is 3.62. The Balaban J connectivity index is 1.68. The maximum absolute atomic E-state index is 14.5. The number of rotatable bonds is 5. The summed E-state index contributed by atoms with van der Waals surface area (Å²) in [4.78, 5) is 21.5. The van der Waals surface area contributed by atoms with Crippen molar-refractivity contribution in [1.82, 2.24) is 14.9 Å². The molecule has 180 valence electrons. The lowest BCUT2D eigenvalue weighted by Gasteiger charge is -2.19. The van der Waals surface area contributed by atoms with Crippen molar-refractivity contribution >= 4 is 22.6 Å². The molecule has 0 aliphatic rings. The number of anilines is 1. The maximum Gasteiger partial charge on any atom is 0.260 e. The molecule has 11 heteroatoms. The summed E-state index contributed by atoms with van der Waals surface area (Å²) in [6.07, 6.45) is 1.40. The summed E-state index contributed by atoms with van der Waals surface area (Å²) in [7, 11) is 2.75. The van der Waals surface area contributed by atoms with Crippen LogP contribution in [0.1, 0.15) is 15.9 Å². The second kappa shape index (κ2) is 9.24. The molecule has 0 radical (unpaired) electrons. The van der Waals surface area contributed by atoms with Gasteiger partial charge in [0.05, 0.1) is 5.52 Å². The van der Waals surface area contributed by atoms with Crippen LogP contribution in [-0.4, -0.2) is 34.9 Å². The summed E-state index contributed by atoms with van der Waals surface area (Å²) < 4.78 is 83.0. The van der Waals surface area contributed by atoms with Crippen molar-refractivity contribution in [2.75, 3.05) is 19.4 Å². The van der Waals surface area contributed by atoms with E-state index >= 15 is 0 Å². The van der Waals surface area contributed by atoms with Crippen LogP contribution in [0.3, 0.4) is 0 Å². The Kier molecular flexibility index (Phi) is 6.33. The van der Waals surface area contributed by atoms with Gasteiger partial charge in [0.2, 0.25) is 5.82 Å². The number of nitrogens with one attached hydrogen (secondary N) is 1. The van der Waals surface area contributed by atoms with E-state index in [4.69, 9.17) is 0 Å². The van der Waals surface area contributed by atoms with E-state index in [-0.39, 0.29) is 5.56 Å². The van der Waals surface area contributed by atoms with Gasteiger partial charge in [0.15, 0.2) is 23.3 Å². The molecule has 1 amide bonds. The molecule has 35 heavy (non-hydrogen) atoms. The fourth-order valence-corrected chi connectivity index (χ4v) is 3.62. The quantitative estimate of drug-likeness (QED) is 0.230. The molecule has 0 atom stereocenters. The highest BCUT2D eigenvalue weighted by Crippen LogP contribution is 2.29. The third-order valence-electron chi connectivity index (χ3n) is 5.43. The Morgan fingerprint density at radius 1 is 0.857 bits per heavy atom. The van der Waals surface area contributed by atoms with Crippen LogP contribution in [0.25, 0.3) is 22.0 Å². The normalized spacial score (nSPS) is 11.1. The minimum Gasteiger partial charge on any atom is -0.373 e. The van der Waals surface area contributed by atoms with Gasteiger partial charge in [-0.05, 0) is 35.4 Å². The van der Waals surface area contributed by atoms with Crippen molar-refractivity contribution in [3.8, 4) is 11.1 Å². The van der Waals surface area contributed by atoms with E-state index < -0.39 is 52.9 Å². The van der Waals surface area contributed by atoms with E-state index in [1.54, 1.807) is 25.2 Å². The monoisotopic (exact) mass is 490 g/mol. The van der Waals surface area contributed by atoms with Crippen LogP contribution in [0.2, 0.25) is 0 Å². The number of hydrogen-bond acceptors (Lipinski definition) is 4. The maximum atomic E-state index is 14.5. The lowest BCUT2D eigenvalue weighted by molar-refractivity contribution is 0.0770. The van der Waals surface area contributed by atoms with Crippen molar-refractivity contribution < 1.29 is 31.1 Å². The Morgan fingerprint density at radius 2 is 1.46 bits per heavy atom. The SMILES string of the molecule is CNc1ncnc2ccc(-c3ccc(F)c(CN(C)C(=O)c4c(F)c(F)c(F)c(F)c4F)c3)cc12. The average molecular weight is 490 g/mol. The predicted molar refractivity (Wildman–Crippen MR) is 117 cm³/mol. The van der Waals surface area contributed by atoms with Crippen molar-refractivity contribution in [2.45, 2.75) is 6.54 Å². The number of carbonyl (C=O) groups excluding carboxylic acids is 1. The Morgan fingerprint density at radius 3 is 2.11 bits per heavy atom. The molecule has 1 aromatic heterocycles. The lowest BCUT2D eigenvalue weighted by atomic mass is 10.0. The van der Waals surface area contributed by atoms with Crippen molar-refractivity contribution in [2.24, 2.45) is 0 Å². The largest absolute Gasteiger partial charge is 0.373 e. The number of hydrogen-bond donors (Lipinski definition) is 1. The van der Waals surface area contributed by atoms with Crippen molar-refractivity contribution in [3.63, 3.8) is 0 Å². The number of benzene rings is 3. The van der Waals surface area contributed by atoms with Crippen molar-refractivity contribution in [3.05, 3.63) is 88.8 Å². The lowest BCUT2D eigenvalue weighted by Crippen LogP contribution is -2.29. The molecule has 0 unspecified atom stereocenters. The molecule has 1 N–H and O–H groups in total. The second-order valence-electron chi connectivity index (χ2n) is 7.62. The van der Waals surface area contributed by atoms with Gasteiger partial charge in [0, 0.05) is 31.6 Å². The van der Waals surface area contributed by atoms with Gasteiger partial charge >= 0.3 is 0 Å². The molecule has 3 aromatic carbocycles. The molecule has 4 rings (SSSR count). The van der Waals surface area contributed by atoms with Gasteiger partial charge in [0.1, 0.15) is 23.5 Å². The summed E-state index contributed by atoms with van der Waals surface area (Å²) in [6, 6.07) is 9.33. The van der Waals surface area contributed by atoms with Gasteiger partial charge in [-0.15, -0.1) is 0 Å². The molecule has 1 heterocycles. The van der Waals surface area contributed by atoms with E-state index in [0.717, 1.165) is 13.1 Å². The Labute approximate surface area is 195 Å². The third kappa shape index (κ3) is 4.25. The van der Waals surface area contributed by atoms with E-state index in [0.29, 0.717) is 32.7 Å². The van der Waals surface area contributed by atoms with E-state index in [9.17, 15) is 31.1 Å². The number of nitrogens with zero attached hydrogens (tertiary/aromatic N) is 3. The van der Waals surface area contributed by atoms with Gasteiger partial charge in [0.25, 0.3) is 5.91 Å². The highest BCUT2D eigenvalue weighted by atomic mass is 19.2. The zero-order valence-corrected chi connectivity index (χ0v) is 18.3. The van der Waals surface area contributed by atoms with E-state index in [1.807, 2.05) is 0 Å². The van der Waals surface area contributed by atoms with Crippen LogP contribution in [-0.2, 0) is 6.54 Å². The van der Waals surface area contributed by atoms with Crippen LogP contribution >= 0.6 is 0 Å². The number of halogens is 6. The van der Waals surface area contributed by atoms with Gasteiger partial charge in [-0.2, -0.15) is 0 Å². The Hall–Kier alpha value is -4.15. The van der Waals surface area contributed by atoms with Crippen molar-refractivity contribution in [1.29, 1.82) is 0 Å². The number of fused-ring (bicyclic) bond motifs is 1. The van der Waals surface area contributed by atoms with Crippen LogP contribution in [0.5, 0.6) is 0 Å². The first-order chi connectivity index (χ1) is 16.6. The number of aromatic nitrogens is 2. The summed E-state index contributed by atoms with van der Waals surface area (Å²) in [6.45, 7) is -0.504. The van der Waals surface area contributed by atoms with E-state index in [1.165, 1.54) is 18.5 Å². The third-order valence-corrected chi connectivity index (χ3v) is 5.43. The van der Waals surface area contributed by atoms with Gasteiger partial charge < -0.3 is 10.2 Å². The topological polar surface area (TPSA) is 58.1 Å². The second-order valence-corrected chi connectivity index (χ2v) is 7.62. The molecule has 0 spiro atoms. The summed E-state index contributed by atoms with van der Waals surface area (Å²) in [5.41, 5.74) is 0.226. The van der Waals surface area contributed by atoms with Crippen LogP contribution in [0.15, 0.2) is 42.7 Å². The first-order valence-electron chi connectivity index (χ1n) is 10.1. The highest BCUT2D eigenvalue weighted by Gasteiger charge is 2.31. The molecular weight excluding hydrogens is 474 g/mol. The zero-order valence-electron chi connectivity index (χ0n) is 18.3. The van der Waals surface area contributed by atoms with Gasteiger partial charge in [-0.3, -0.25) is 4.79 Å². The average Bonchev–Trinajstić information content (AvgIpc) is 2.86. The van der Waals surface area contributed by atoms with Crippen LogP contribution < -0.4 is 5.32 Å². The molecule has 0 bridgehead atoms. The molecular formula is C24H16F6N4O. The minimum absolute atomic E-state index is 0.0412. The smallest absolute Gasteiger partial charge is 0.260 e. The summed E-state index contributed by atoms with van der Waals surface area (Å²) in [5, 5.41) is 3.66. The molecule has 0 fully saturated rings. The zero-order chi connectivity index (χ0) is 25.4. The molecule has 0 aliphatic heterocycles. The molecule has 0 saturated heterocycles. The summed E-state index contributed by atoms with van der Waals surface area (Å²) in [5.74, 6) is -13.0. The summed E-state index contributed by atoms with van der Waals surface area (Å²) >= 11 is 0. The number of carbonyl (C=O) groups is 1. The minimum atomic E-state index is -2.37. The van der Waals surface area contributed by atoms with Crippen LogP contribution in [0.4, 0.5) is 32.2 Å². The molecule has 5 nitrogen and oxygen atoms in total. The standard InChI is InChI=1S/C24H16F6N4O/c1-31-23-14-8-12(4-6-16(14)32-10-33-23)11-3-5-15(25)13(7-11)9-34(2)24(35)17-18(26)20(28)22(30)21(29)19(17)27/h3-8,10H,9H2,1-2H3,(H,31,32,33). The number of amides is 1. The molecule has 4 aromatic rings. The van der Waals surface area contributed by atoms with Gasteiger partial charge in [-0.25, -0.2) is 36.3 Å².